The normalized spacial score (nSPS) is 16.2. The van der Waals surface area contributed by atoms with E-state index in [0.717, 1.165) is 42.5 Å². The van der Waals surface area contributed by atoms with Crippen LogP contribution >= 0.6 is 0 Å². The second-order valence-corrected chi connectivity index (χ2v) is 7.17. The zero-order valence-corrected chi connectivity index (χ0v) is 15.3. The fraction of sp³-hybridized carbons (Fsp3) is 0.450. The Labute approximate surface area is 154 Å². The molecule has 0 spiro atoms. The summed E-state index contributed by atoms with van der Waals surface area (Å²) < 4.78 is 1.77. The number of piperidine rings is 1. The van der Waals surface area contributed by atoms with Gasteiger partial charge < -0.3 is 10.2 Å². The molecule has 1 aliphatic rings. The molecule has 6 heteroatoms. The van der Waals surface area contributed by atoms with Crippen LogP contribution in [0.15, 0.2) is 42.7 Å². The van der Waals surface area contributed by atoms with Gasteiger partial charge in [0.25, 0.3) is 5.78 Å². The largest absolute Gasteiger partial charge is 0.370 e. The number of rotatable bonds is 6. The number of benzene rings is 1. The first-order valence-corrected chi connectivity index (χ1v) is 9.52. The molecule has 1 fully saturated rings. The topological polar surface area (TPSA) is 58.3 Å². The molecule has 4 rings (SSSR count). The predicted molar refractivity (Wildman–Crippen MR) is 104 cm³/mol. The van der Waals surface area contributed by atoms with E-state index in [-0.39, 0.29) is 0 Å². The second kappa shape index (κ2) is 7.83. The van der Waals surface area contributed by atoms with Gasteiger partial charge in [-0.25, -0.2) is 4.98 Å². The number of fused-ring (bicyclic) bond motifs is 1. The summed E-state index contributed by atoms with van der Waals surface area (Å²) in [7, 11) is 0. The lowest BCUT2D eigenvalue weighted by Crippen LogP contribution is -2.34. The zero-order chi connectivity index (χ0) is 17.8. The van der Waals surface area contributed by atoms with E-state index in [4.69, 9.17) is 0 Å². The molecular formula is C20H26N6. The summed E-state index contributed by atoms with van der Waals surface area (Å²) in [5.74, 6) is 2.45. The Hall–Kier alpha value is -2.47. The molecule has 6 nitrogen and oxygen atoms in total. The fourth-order valence-electron chi connectivity index (χ4n) is 3.50. The van der Waals surface area contributed by atoms with Gasteiger partial charge in [0.1, 0.15) is 12.1 Å². The third kappa shape index (κ3) is 3.85. The van der Waals surface area contributed by atoms with Crippen LogP contribution in [0.25, 0.3) is 17.0 Å². The van der Waals surface area contributed by atoms with Crippen LogP contribution in [0, 0.1) is 5.92 Å². The summed E-state index contributed by atoms with van der Waals surface area (Å²) in [5, 5.41) is 7.83. The molecule has 0 saturated carbocycles. The summed E-state index contributed by atoms with van der Waals surface area (Å²) in [6.07, 6.45) is 5.33. The maximum Gasteiger partial charge on any atom is 0.254 e. The molecular weight excluding hydrogens is 324 g/mol. The molecule has 0 radical (unpaired) electrons. The number of nitrogens with zero attached hydrogens (tertiary/aromatic N) is 5. The van der Waals surface area contributed by atoms with Crippen LogP contribution in [-0.4, -0.2) is 50.7 Å². The molecule has 26 heavy (non-hydrogen) atoms. The smallest absolute Gasteiger partial charge is 0.254 e. The third-order valence-electron chi connectivity index (χ3n) is 5.15. The van der Waals surface area contributed by atoms with Gasteiger partial charge in [-0.15, -0.1) is 0 Å². The Morgan fingerprint density at radius 2 is 1.96 bits per heavy atom. The van der Waals surface area contributed by atoms with Crippen molar-refractivity contribution >= 4 is 11.6 Å². The Kier molecular flexibility index (Phi) is 5.11. The second-order valence-electron chi connectivity index (χ2n) is 7.17. The molecule has 0 amide bonds. The van der Waals surface area contributed by atoms with Crippen LogP contribution in [0.2, 0.25) is 0 Å². The molecule has 1 N–H and O–H groups in total. The highest BCUT2D eigenvalue weighted by atomic mass is 15.3. The minimum atomic E-state index is 0.624. The van der Waals surface area contributed by atoms with Crippen LogP contribution in [0.5, 0.6) is 0 Å². The summed E-state index contributed by atoms with van der Waals surface area (Å²) in [4.78, 5) is 11.5. The van der Waals surface area contributed by atoms with Gasteiger partial charge >= 0.3 is 0 Å². The van der Waals surface area contributed by atoms with Crippen LogP contribution in [0.4, 0.5) is 5.82 Å². The molecule has 136 valence electrons. The average Bonchev–Trinajstić information content (AvgIpc) is 3.16. The van der Waals surface area contributed by atoms with Gasteiger partial charge in [0.2, 0.25) is 0 Å². The first-order chi connectivity index (χ1) is 12.8. The Morgan fingerprint density at radius 1 is 1.15 bits per heavy atom. The summed E-state index contributed by atoms with van der Waals surface area (Å²) in [6, 6.07) is 12.3. The maximum absolute atomic E-state index is 4.62. The molecule has 2 aromatic heterocycles. The van der Waals surface area contributed by atoms with Gasteiger partial charge in [-0.05, 0) is 44.8 Å². The Bertz CT molecular complexity index is 836. The van der Waals surface area contributed by atoms with Crippen LogP contribution in [0.1, 0.15) is 26.2 Å². The van der Waals surface area contributed by atoms with Crippen molar-refractivity contribution in [1.82, 2.24) is 24.5 Å². The number of hydrogen-bond acceptors (Lipinski definition) is 5. The van der Waals surface area contributed by atoms with E-state index in [2.05, 4.69) is 50.4 Å². The maximum atomic E-state index is 4.62. The van der Waals surface area contributed by atoms with Crippen LogP contribution < -0.4 is 5.32 Å². The number of aromatic nitrogens is 4. The van der Waals surface area contributed by atoms with Crippen LogP contribution in [0.3, 0.4) is 0 Å². The van der Waals surface area contributed by atoms with Gasteiger partial charge in [-0.2, -0.15) is 14.6 Å². The fourth-order valence-corrected chi connectivity index (χ4v) is 3.50. The number of nitrogens with one attached hydrogen (secondary N) is 1. The number of hydrogen-bond donors (Lipinski definition) is 1. The lowest BCUT2D eigenvalue weighted by atomic mass is 9.99. The zero-order valence-electron chi connectivity index (χ0n) is 15.3. The molecule has 1 saturated heterocycles. The lowest BCUT2D eigenvalue weighted by molar-refractivity contribution is 0.192. The monoisotopic (exact) mass is 350 g/mol. The highest BCUT2D eigenvalue weighted by molar-refractivity contribution is 5.65. The van der Waals surface area contributed by atoms with E-state index in [0.29, 0.717) is 5.78 Å². The molecule has 0 aliphatic carbocycles. The minimum Gasteiger partial charge on any atom is -0.370 e. The molecule has 0 atom stereocenters. The van der Waals surface area contributed by atoms with Crippen molar-refractivity contribution in [2.75, 3.05) is 31.5 Å². The van der Waals surface area contributed by atoms with Crippen molar-refractivity contribution in [3.8, 4) is 11.3 Å². The summed E-state index contributed by atoms with van der Waals surface area (Å²) >= 11 is 0. The van der Waals surface area contributed by atoms with Gasteiger partial charge in [0.15, 0.2) is 0 Å². The van der Waals surface area contributed by atoms with E-state index >= 15 is 0 Å². The highest BCUT2D eigenvalue weighted by Gasteiger charge is 2.15. The Balaban J connectivity index is 1.42. The van der Waals surface area contributed by atoms with Gasteiger partial charge in [0.05, 0.1) is 5.69 Å². The quantitative estimate of drug-likeness (QED) is 0.691. The van der Waals surface area contributed by atoms with Gasteiger partial charge in [0, 0.05) is 18.2 Å². The molecule has 0 bridgehead atoms. The van der Waals surface area contributed by atoms with E-state index in [9.17, 15) is 0 Å². The van der Waals surface area contributed by atoms with Crippen molar-refractivity contribution in [3.63, 3.8) is 0 Å². The van der Waals surface area contributed by atoms with E-state index in [1.165, 1.54) is 25.9 Å². The minimum absolute atomic E-state index is 0.624. The highest BCUT2D eigenvalue weighted by Crippen LogP contribution is 2.21. The third-order valence-corrected chi connectivity index (χ3v) is 5.15. The predicted octanol–water partition coefficient (Wildman–Crippen LogP) is 3.33. The lowest BCUT2D eigenvalue weighted by Gasteiger charge is -2.30. The summed E-state index contributed by atoms with van der Waals surface area (Å²) in [5.41, 5.74) is 2.00. The summed E-state index contributed by atoms with van der Waals surface area (Å²) in [6.45, 7) is 6.90. The van der Waals surface area contributed by atoms with Crippen molar-refractivity contribution in [2.24, 2.45) is 5.92 Å². The first kappa shape index (κ1) is 17.0. The van der Waals surface area contributed by atoms with E-state index in [1.807, 2.05) is 18.2 Å². The average molecular weight is 350 g/mol. The van der Waals surface area contributed by atoms with Crippen molar-refractivity contribution in [2.45, 2.75) is 26.2 Å². The van der Waals surface area contributed by atoms with E-state index < -0.39 is 0 Å². The standard InChI is InChI=1S/C20H26N6/c1-16-8-12-25(13-9-16)11-5-10-21-19-14-18(17-6-3-2-4-7-17)24-20-22-15-23-26(19)20/h2-4,6-7,14-16,21H,5,8-13H2,1H3. The number of anilines is 1. The van der Waals surface area contributed by atoms with Gasteiger partial charge in [-0.3, -0.25) is 0 Å². The first-order valence-electron chi connectivity index (χ1n) is 9.52. The van der Waals surface area contributed by atoms with Crippen molar-refractivity contribution in [3.05, 3.63) is 42.7 Å². The molecule has 1 aromatic carbocycles. The molecule has 3 aromatic rings. The van der Waals surface area contributed by atoms with Gasteiger partial charge in [-0.1, -0.05) is 37.3 Å². The van der Waals surface area contributed by atoms with Crippen molar-refractivity contribution in [1.29, 1.82) is 0 Å². The molecule has 0 unspecified atom stereocenters. The SMILES string of the molecule is CC1CCN(CCCNc2cc(-c3ccccc3)nc3ncnn23)CC1. The van der Waals surface area contributed by atoms with Crippen LogP contribution in [-0.2, 0) is 0 Å². The van der Waals surface area contributed by atoms with E-state index in [1.54, 1.807) is 10.8 Å². The Morgan fingerprint density at radius 3 is 2.77 bits per heavy atom. The number of likely N-dealkylation sites (tertiary alicyclic amines) is 1. The van der Waals surface area contributed by atoms with Crippen molar-refractivity contribution < 1.29 is 0 Å². The molecule has 3 heterocycles. The molecule has 1 aliphatic heterocycles.